The van der Waals surface area contributed by atoms with E-state index in [0.717, 1.165) is 37.6 Å². The van der Waals surface area contributed by atoms with Gasteiger partial charge in [0.1, 0.15) is 11.9 Å². The van der Waals surface area contributed by atoms with Crippen molar-refractivity contribution in [3.8, 4) is 11.6 Å². The number of aromatic nitrogens is 2. The second kappa shape index (κ2) is 6.77. The van der Waals surface area contributed by atoms with Gasteiger partial charge in [-0.3, -0.25) is 4.98 Å². The van der Waals surface area contributed by atoms with Crippen LogP contribution in [0.5, 0.6) is 11.6 Å². The Morgan fingerprint density at radius 2 is 1.83 bits per heavy atom. The molecule has 1 saturated heterocycles. The summed E-state index contributed by atoms with van der Waals surface area (Å²) < 4.78 is 5.97. The number of phenols is 1. The maximum Gasteiger partial charge on any atom is 0.232 e. The molecule has 0 spiro atoms. The van der Waals surface area contributed by atoms with Crippen LogP contribution in [0, 0.1) is 11.8 Å². The highest BCUT2D eigenvalue weighted by Gasteiger charge is 2.41. The van der Waals surface area contributed by atoms with E-state index in [1.807, 2.05) is 12.1 Å². The fourth-order valence-corrected chi connectivity index (χ4v) is 4.09. The summed E-state index contributed by atoms with van der Waals surface area (Å²) in [6.45, 7) is 3.43. The molecule has 5 nitrogen and oxygen atoms in total. The molecule has 0 radical (unpaired) electrons. The minimum absolute atomic E-state index is 0.288. The van der Waals surface area contributed by atoms with Gasteiger partial charge in [0.25, 0.3) is 0 Å². The van der Waals surface area contributed by atoms with Crippen LogP contribution in [0.3, 0.4) is 0 Å². The molecule has 1 saturated carbocycles. The minimum atomic E-state index is 0.288. The van der Waals surface area contributed by atoms with Crippen LogP contribution in [0.15, 0.2) is 42.9 Å². The van der Waals surface area contributed by atoms with Crippen molar-refractivity contribution in [2.24, 2.45) is 11.8 Å². The molecule has 2 aliphatic rings. The van der Waals surface area contributed by atoms with Crippen molar-refractivity contribution in [1.82, 2.24) is 14.9 Å². The number of likely N-dealkylation sites (tertiary alicyclic amines) is 1. The van der Waals surface area contributed by atoms with Gasteiger partial charge < -0.3 is 14.7 Å². The molecule has 1 aromatic heterocycles. The van der Waals surface area contributed by atoms with E-state index in [1.165, 1.54) is 18.7 Å². The second-order valence-corrected chi connectivity index (χ2v) is 6.95. The number of fused-ring (bicyclic) bond motifs is 1. The van der Waals surface area contributed by atoms with E-state index in [-0.39, 0.29) is 6.10 Å². The van der Waals surface area contributed by atoms with Crippen LogP contribution in [0.25, 0.3) is 0 Å². The Hall–Kier alpha value is -2.14. The molecule has 1 aromatic carbocycles. The Balaban J connectivity index is 1.25. The molecule has 126 valence electrons. The molecule has 1 aliphatic carbocycles. The highest BCUT2D eigenvalue weighted by Crippen LogP contribution is 2.39. The largest absolute Gasteiger partial charge is 0.508 e. The minimum Gasteiger partial charge on any atom is -0.508 e. The van der Waals surface area contributed by atoms with E-state index in [9.17, 15) is 5.11 Å². The van der Waals surface area contributed by atoms with Crippen LogP contribution in [-0.2, 0) is 6.42 Å². The Morgan fingerprint density at radius 3 is 2.50 bits per heavy atom. The lowest BCUT2D eigenvalue weighted by molar-refractivity contribution is 0.178. The Kier molecular flexibility index (Phi) is 4.34. The fraction of sp³-hybridized carbons (Fsp3) is 0.474. The van der Waals surface area contributed by atoms with Gasteiger partial charge in [0, 0.05) is 32.0 Å². The van der Waals surface area contributed by atoms with Crippen LogP contribution < -0.4 is 4.74 Å². The maximum atomic E-state index is 9.35. The third kappa shape index (κ3) is 3.51. The zero-order valence-electron chi connectivity index (χ0n) is 13.7. The molecular weight excluding hydrogens is 302 g/mol. The molecule has 3 atom stereocenters. The number of rotatable bonds is 5. The number of phenolic OH excluding ortho intramolecular Hbond substituents is 1. The Morgan fingerprint density at radius 1 is 1.08 bits per heavy atom. The number of benzene rings is 1. The molecular formula is C19H23N3O2. The van der Waals surface area contributed by atoms with Crippen LogP contribution in [-0.4, -0.2) is 45.7 Å². The number of aromatic hydroxyl groups is 1. The first kappa shape index (κ1) is 15.4. The summed E-state index contributed by atoms with van der Waals surface area (Å²) in [5.41, 5.74) is 1.29. The van der Waals surface area contributed by atoms with Gasteiger partial charge in [-0.1, -0.05) is 12.1 Å². The van der Waals surface area contributed by atoms with E-state index in [0.29, 0.717) is 11.6 Å². The highest BCUT2D eigenvalue weighted by atomic mass is 16.5. The number of nitrogens with zero attached hydrogens (tertiary/aromatic N) is 3. The van der Waals surface area contributed by atoms with Gasteiger partial charge in [-0.2, -0.15) is 0 Å². The van der Waals surface area contributed by atoms with E-state index >= 15 is 0 Å². The summed E-state index contributed by atoms with van der Waals surface area (Å²) in [5.74, 6) is 2.47. The lowest BCUT2D eigenvalue weighted by Crippen LogP contribution is -2.26. The van der Waals surface area contributed by atoms with Gasteiger partial charge in [-0.25, -0.2) is 4.98 Å². The van der Waals surface area contributed by atoms with Crippen molar-refractivity contribution >= 4 is 0 Å². The molecule has 5 heteroatoms. The van der Waals surface area contributed by atoms with Crippen molar-refractivity contribution in [3.05, 3.63) is 48.4 Å². The van der Waals surface area contributed by atoms with Crippen molar-refractivity contribution in [1.29, 1.82) is 0 Å². The SMILES string of the molecule is Oc1ccc(CCN2C[C@H]3CC(Oc4cnccn4)C[C@H]3C2)cc1. The quantitative estimate of drug-likeness (QED) is 0.915. The smallest absolute Gasteiger partial charge is 0.232 e. The molecule has 24 heavy (non-hydrogen) atoms. The summed E-state index contributed by atoms with van der Waals surface area (Å²) in [5, 5.41) is 9.35. The fourth-order valence-electron chi connectivity index (χ4n) is 4.09. The highest BCUT2D eigenvalue weighted by molar-refractivity contribution is 5.26. The van der Waals surface area contributed by atoms with Gasteiger partial charge in [0.05, 0.1) is 6.20 Å². The van der Waals surface area contributed by atoms with Gasteiger partial charge in [-0.05, 0) is 48.8 Å². The summed E-state index contributed by atoms with van der Waals surface area (Å²) >= 11 is 0. The average molecular weight is 325 g/mol. The number of hydrogen-bond acceptors (Lipinski definition) is 5. The molecule has 4 rings (SSSR count). The normalized spacial score (nSPS) is 26.4. The lowest BCUT2D eigenvalue weighted by Gasteiger charge is -2.19. The standard InChI is InChI=1S/C19H23N3O2/c23-17-3-1-14(2-4-17)5-8-22-12-15-9-18(10-16(15)13-22)24-19-11-20-6-7-21-19/h1-4,6-7,11,15-16,18,23H,5,8-10,12-13H2/t15-,16+,18?. The van der Waals surface area contributed by atoms with Crippen molar-refractivity contribution < 1.29 is 9.84 Å². The van der Waals surface area contributed by atoms with Gasteiger partial charge in [0.15, 0.2) is 0 Å². The molecule has 1 aliphatic heterocycles. The van der Waals surface area contributed by atoms with Gasteiger partial charge in [-0.15, -0.1) is 0 Å². The molecule has 1 N–H and O–H groups in total. The van der Waals surface area contributed by atoms with Gasteiger partial charge in [0.2, 0.25) is 5.88 Å². The van der Waals surface area contributed by atoms with Crippen molar-refractivity contribution in [2.45, 2.75) is 25.4 Å². The average Bonchev–Trinajstić information content (AvgIpc) is 3.13. The molecule has 2 heterocycles. The Labute approximate surface area is 142 Å². The van der Waals surface area contributed by atoms with Crippen LogP contribution in [0.4, 0.5) is 0 Å². The number of ether oxygens (including phenoxy) is 1. The van der Waals surface area contributed by atoms with Crippen molar-refractivity contribution in [2.75, 3.05) is 19.6 Å². The molecule has 2 fully saturated rings. The monoisotopic (exact) mass is 325 g/mol. The van der Waals surface area contributed by atoms with Crippen molar-refractivity contribution in [3.63, 3.8) is 0 Å². The first-order valence-corrected chi connectivity index (χ1v) is 8.69. The summed E-state index contributed by atoms with van der Waals surface area (Å²) in [6.07, 6.45) is 8.61. The van der Waals surface area contributed by atoms with Crippen LogP contribution in [0.2, 0.25) is 0 Å². The van der Waals surface area contributed by atoms with E-state index < -0.39 is 0 Å². The molecule has 1 unspecified atom stereocenters. The van der Waals surface area contributed by atoms with E-state index in [4.69, 9.17) is 4.74 Å². The topological polar surface area (TPSA) is 58.5 Å². The predicted octanol–water partition coefficient (Wildman–Crippen LogP) is 2.51. The summed E-state index contributed by atoms with van der Waals surface area (Å²) in [7, 11) is 0. The second-order valence-electron chi connectivity index (χ2n) is 6.95. The third-order valence-corrected chi connectivity index (χ3v) is 5.26. The van der Waals surface area contributed by atoms with E-state index in [1.54, 1.807) is 30.7 Å². The molecule has 0 bridgehead atoms. The van der Waals surface area contributed by atoms with E-state index in [2.05, 4.69) is 14.9 Å². The Bertz CT molecular complexity index is 648. The lowest BCUT2D eigenvalue weighted by atomic mass is 10.0. The number of hydrogen-bond donors (Lipinski definition) is 1. The van der Waals surface area contributed by atoms with Crippen LogP contribution >= 0.6 is 0 Å². The zero-order valence-corrected chi connectivity index (χ0v) is 13.7. The molecule has 2 aromatic rings. The predicted molar refractivity (Wildman–Crippen MR) is 90.9 cm³/mol. The third-order valence-electron chi connectivity index (χ3n) is 5.26. The first-order valence-electron chi connectivity index (χ1n) is 8.69. The summed E-state index contributed by atoms with van der Waals surface area (Å²) in [6, 6.07) is 7.55. The maximum absolute atomic E-state index is 9.35. The summed E-state index contributed by atoms with van der Waals surface area (Å²) in [4.78, 5) is 10.8. The van der Waals surface area contributed by atoms with Crippen LogP contribution in [0.1, 0.15) is 18.4 Å². The molecule has 0 amide bonds. The van der Waals surface area contributed by atoms with Gasteiger partial charge >= 0.3 is 0 Å². The zero-order chi connectivity index (χ0) is 16.4. The first-order chi connectivity index (χ1) is 11.8.